The maximum atomic E-state index is 8.92. The fraction of sp³-hybridized carbons (Fsp3) is 0.562. The third-order valence-electron chi connectivity index (χ3n) is 3.82. The first kappa shape index (κ1) is 14.7. The first-order valence-corrected chi connectivity index (χ1v) is 7.21. The molecule has 1 fully saturated rings. The zero-order valence-corrected chi connectivity index (χ0v) is 12.0. The van der Waals surface area contributed by atoms with Crippen LogP contribution in [0.5, 0.6) is 11.5 Å². The number of hydrogen-bond acceptors (Lipinski definition) is 4. The van der Waals surface area contributed by atoms with Gasteiger partial charge in [0, 0.05) is 12.6 Å². The average molecular weight is 274 g/mol. The zero-order valence-electron chi connectivity index (χ0n) is 12.0. The molecule has 1 aromatic carbocycles. The van der Waals surface area contributed by atoms with Gasteiger partial charge in [0.25, 0.3) is 0 Å². The molecule has 0 bridgehead atoms. The van der Waals surface area contributed by atoms with Crippen molar-refractivity contribution >= 4 is 0 Å². The number of hydrogen-bond donors (Lipinski definition) is 0. The predicted octanol–water partition coefficient (Wildman–Crippen LogP) is 2.84. The first-order chi connectivity index (χ1) is 9.83. The molecule has 4 nitrogen and oxygen atoms in total. The van der Waals surface area contributed by atoms with E-state index in [2.05, 4.69) is 11.0 Å². The lowest BCUT2D eigenvalue weighted by atomic mass is 10.2. The van der Waals surface area contributed by atoms with Crippen molar-refractivity contribution in [3.63, 3.8) is 0 Å². The highest BCUT2D eigenvalue weighted by Crippen LogP contribution is 2.23. The second kappa shape index (κ2) is 7.76. The molecule has 1 aliphatic rings. The molecule has 0 aromatic heterocycles. The molecule has 108 valence electrons. The average Bonchev–Trinajstić information content (AvgIpc) is 3.01. The Balaban J connectivity index is 1.78. The number of benzene rings is 1. The van der Waals surface area contributed by atoms with Crippen molar-refractivity contribution in [1.29, 1.82) is 5.26 Å². The van der Waals surface area contributed by atoms with Gasteiger partial charge in [-0.3, -0.25) is 4.90 Å². The van der Waals surface area contributed by atoms with Gasteiger partial charge in [0.05, 0.1) is 19.7 Å². The molecule has 0 heterocycles. The van der Waals surface area contributed by atoms with Gasteiger partial charge in [-0.2, -0.15) is 5.26 Å². The molecular weight excluding hydrogens is 252 g/mol. The summed E-state index contributed by atoms with van der Waals surface area (Å²) in [6.45, 7) is 1.92. The number of methoxy groups -OCH3 is 1. The maximum absolute atomic E-state index is 8.92. The molecule has 0 N–H and O–H groups in total. The minimum atomic E-state index is 0.497. The van der Waals surface area contributed by atoms with Gasteiger partial charge in [-0.05, 0) is 37.1 Å². The van der Waals surface area contributed by atoms with Gasteiger partial charge >= 0.3 is 0 Å². The second-order valence-corrected chi connectivity index (χ2v) is 5.09. The highest BCUT2D eigenvalue weighted by atomic mass is 16.5. The topological polar surface area (TPSA) is 45.5 Å². The van der Waals surface area contributed by atoms with E-state index in [9.17, 15) is 0 Å². The minimum absolute atomic E-state index is 0.497. The second-order valence-electron chi connectivity index (χ2n) is 5.09. The molecule has 0 unspecified atom stereocenters. The summed E-state index contributed by atoms with van der Waals surface area (Å²) in [6, 6.07) is 10.4. The summed E-state index contributed by atoms with van der Waals surface area (Å²) in [5, 5.41) is 8.92. The van der Waals surface area contributed by atoms with Crippen LogP contribution >= 0.6 is 0 Å². The standard InChI is InChI=1S/C16H22N2O2/c1-19-15-6-8-16(9-7-15)20-13-12-18(11-10-17)14-4-2-3-5-14/h6-9,14H,2-5,11-13H2,1H3. The Kier molecular flexibility index (Phi) is 5.69. The van der Waals surface area contributed by atoms with Gasteiger partial charge in [-0.25, -0.2) is 0 Å². The smallest absolute Gasteiger partial charge is 0.119 e. The molecule has 20 heavy (non-hydrogen) atoms. The molecule has 0 spiro atoms. The highest BCUT2D eigenvalue weighted by Gasteiger charge is 2.21. The number of rotatable bonds is 7. The summed E-state index contributed by atoms with van der Waals surface area (Å²) in [5.74, 6) is 1.67. The van der Waals surface area contributed by atoms with Gasteiger partial charge in [0.1, 0.15) is 18.1 Å². The van der Waals surface area contributed by atoms with E-state index < -0.39 is 0 Å². The molecule has 0 atom stereocenters. The van der Waals surface area contributed by atoms with Crippen molar-refractivity contribution in [1.82, 2.24) is 4.90 Å². The summed E-state index contributed by atoms with van der Waals surface area (Å²) in [7, 11) is 1.65. The van der Waals surface area contributed by atoms with Crippen LogP contribution in [-0.2, 0) is 0 Å². The first-order valence-electron chi connectivity index (χ1n) is 7.21. The number of nitrogens with zero attached hydrogens (tertiary/aromatic N) is 2. The van der Waals surface area contributed by atoms with Crippen LogP contribution in [-0.4, -0.2) is 37.7 Å². The van der Waals surface area contributed by atoms with Crippen LogP contribution in [0, 0.1) is 11.3 Å². The van der Waals surface area contributed by atoms with E-state index in [1.54, 1.807) is 7.11 Å². The lowest BCUT2D eigenvalue weighted by Gasteiger charge is -2.25. The molecule has 1 aliphatic carbocycles. The van der Waals surface area contributed by atoms with Crippen molar-refractivity contribution in [2.75, 3.05) is 26.8 Å². The Morgan fingerprint density at radius 3 is 2.45 bits per heavy atom. The Labute approximate surface area is 120 Å². The Morgan fingerprint density at radius 2 is 1.85 bits per heavy atom. The Hall–Kier alpha value is -1.73. The maximum Gasteiger partial charge on any atom is 0.119 e. The Bertz CT molecular complexity index is 433. The molecule has 0 saturated heterocycles. The van der Waals surface area contributed by atoms with Crippen molar-refractivity contribution in [2.45, 2.75) is 31.7 Å². The van der Waals surface area contributed by atoms with Crippen molar-refractivity contribution in [3.05, 3.63) is 24.3 Å². The van der Waals surface area contributed by atoms with Gasteiger partial charge in [0.2, 0.25) is 0 Å². The van der Waals surface area contributed by atoms with Crippen LogP contribution < -0.4 is 9.47 Å². The number of nitriles is 1. The molecule has 0 radical (unpaired) electrons. The van der Waals surface area contributed by atoms with E-state index >= 15 is 0 Å². The number of ether oxygens (including phenoxy) is 2. The molecule has 0 aliphatic heterocycles. The molecule has 2 rings (SSSR count). The molecule has 4 heteroatoms. The lowest BCUT2D eigenvalue weighted by molar-refractivity contribution is 0.177. The quantitative estimate of drug-likeness (QED) is 0.717. The van der Waals surface area contributed by atoms with Gasteiger partial charge < -0.3 is 9.47 Å². The van der Waals surface area contributed by atoms with Crippen molar-refractivity contribution in [2.24, 2.45) is 0 Å². The fourth-order valence-electron chi connectivity index (χ4n) is 2.70. The van der Waals surface area contributed by atoms with Crippen LogP contribution in [0.1, 0.15) is 25.7 Å². The molecule has 1 aromatic rings. The summed E-state index contributed by atoms with van der Waals surface area (Å²) in [6.07, 6.45) is 4.99. The van der Waals surface area contributed by atoms with E-state index in [-0.39, 0.29) is 0 Å². The molecule has 0 amide bonds. The summed E-state index contributed by atoms with van der Waals surface area (Å²) < 4.78 is 10.8. The third-order valence-corrected chi connectivity index (χ3v) is 3.82. The Morgan fingerprint density at radius 1 is 1.20 bits per heavy atom. The van der Waals surface area contributed by atoms with Gasteiger partial charge in [-0.15, -0.1) is 0 Å². The van der Waals surface area contributed by atoms with E-state index in [0.29, 0.717) is 19.2 Å². The van der Waals surface area contributed by atoms with Crippen LogP contribution in [0.3, 0.4) is 0 Å². The third kappa shape index (κ3) is 4.14. The highest BCUT2D eigenvalue weighted by molar-refractivity contribution is 5.31. The molecular formula is C16H22N2O2. The van der Waals surface area contributed by atoms with Crippen LogP contribution in [0.4, 0.5) is 0 Å². The monoisotopic (exact) mass is 274 g/mol. The molecule has 1 saturated carbocycles. The van der Waals surface area contributed by atoms with Gasteiger partial charge in [0.15, 0.2) is 0 Å². The lowest BCUT2D eigenvalue weighted by Crippen LogP contribution is -2.36. The van der Waals surface area contributed by atoms with Crippen LogP contribution in [0.2, 0.25) is 0 Å². The summed E-state index contributed by atoms with van der Waals surface area (Å²) >= 11 is 0. The van der Waals surface area contributed by atoms with Crippen LogP contribution in [0.15, 0.2) is 24.3 Å². The normalized spacial score (nSPS) is 15.2. The van der Waals surface area contributed by atoms with E-state index in [1.165, 1.54) is 25.7 Å². The van der Waals surface area contributed by atoms with E-state index in [1.807, 2.05) is 24.3 Å². The predicted molar refractivity (Wildman–Crippen MR) is 77.9 cm³/mol. The van der Waals surface area contributed by atoms with E-state index in [4.69, 9.17) is 14.7 Å². The minimum Gasteiger partial charge on any atom is -0.497 e. The van der Waals surface area contributed by atoms with Crippen LogP contribution in [0.25, 0.3) is 0 Å². The van der Waals surface area contributed by atoms with Gasteiger partial charge in [-0.1, -0.05) is 12.8 Å². The largest absolute Gasteiger partial charge is 0.497 e. The zero-order chi connectivity index (χ0) is 14.2. The van der Waals surface area contributed by atoms with Crippen molar-refractivity contribution < 1.29 is 9.47 Å². The van der Waals surface area contributed by atoms with E-state index in [0.717, 1.165) is 18.0 Å². The fourth-order valence-corrected chi connectivity index (χ4v) is 2.70. The summed E-state index contributed by atoms with van der Waals surface area (Å²) in [4.78, 5) is 2.25. The van der Waals surface area contributed by atoms with Crippen molar-refractivity contribution in [3.8, 4) is 17.6 Å². The summed E-state index contributed by atoms with van der Waals surface area (Å²) in [5.41, 5.74) is 0. The SMILES string of the molecule is COc1ccc(OCCN(CC#N)C2CCCC2)cc1.